The third kappa shape index (κ3) is 2.41. The number of halogens is 1. The molecule has 3 aromatic rings. The SMILES string of the molecule is COc1ccc(-c2cc(Cl)n3ncc(C4CC4)c3n2)cc1OC. The van der Waals surface area contributed by atoms with Crippen LogP contribution < -0.4 is 9.47 Å². The summed E-state index contributed by atoms with van der Waals surface area (Å²) >= 11 is 6.39. The van der Waals surface area contributed by atoms with Crippen molar-refractivity contribution < 1.29 is 9.47 Å². The summed E-state index contributed by atoms with van der Waals surface area (Å²) in [6.07, 6.45) is 4.27. The lowest BCUT2D eigenvalue weighted by Gasteiger charge is -2.10. The molecule has 4 rings (SSSR count). The highest BCUT2D eigenvalue weighted by atomic mass is 35.5. The van der Waals surface area contributed by atoms with Gasteiger partial charge in [-0.2, -0.15) is 5.10 Å². The average molecular weight is 330 g/mol. The second kappa shape index (κ2) is 5.42. The van der Waals surface area contributed by atoms with E-state index in [0.717, 1.165) is 16.9 Å². The number of hydrogen-bond acceptors (Lipinski definition) is 4. The van der Waals surface area contributed by atoms with E-state index in [1.54, 1.807) is 18.7 Å². The molecule has 0 atom stereocenters. The van der Waals surface area contributed by atoms with Crippen molar-refractivity contribution in [2.45, 2.75) is 18.8 Å². The zero-order chi connectivity index (χ0) is 16.0. The van der Waals surface area contributed by atoms with Gasteiger partial charge in [-0.05, 0) is 37.0 Å². The predicted molar refractivity (Wildman–Crippen MR) is 88.5 cm³/mol. The van der Waals surface area contributed by atoms with Gasteiger partial charge in [-0.1, -0.05) is 11.6 Å². The highest BCUT2D eigenvalue weighted by molar-refractivity contribution is 6.30. The molecule has 6 heteroatoms. The predicted octanol–water partition coefficient (Wildman–Crippen LogP) is 3.94. The Kier molecular flexibility index (Phi) is 3.38. The van der Waals surface area contributed by atoms with E-state index < -0.39 is 0 Å². The molecule has 0 spiro atoms. The van der Waals surface area contributed by atoms with Crippen LogP contribution in [-0.2, 0) is 0 Å². The number of fused-ring (bicyclic) bond motifs is 1. The lowest BCUT2D eigenvalue weighted by Crippen LogP contribution is -1.97. The van der Waals surface area contributed by atoms with Crippen LogP contribution >= 0.6 is 11.6 Å². The smallest absolute Gasteiger partial charge is 0.161 e. The standard InChI is InChI=1S/C17H16ClN3O2/c1-22-14-6-5-11(7-15(14)23-2)13-8-16(18)21-17(20-13)12(9-19-21)10-3-4-10/h5-10H,3-4H2,1-2H3. The third-order valence-electron chi connectivity index (χ3n) is 4.15. The van der Waals surface area contributed by atoms with Gasteiger partial charge in [-0.3, -0.25) is 0 Å². The second-order valence-corrected chi connectivity index (χ2v) is 6.03. The molecule has 1 saturated carbocycles. The van der Waals surface area contributed by atoms with Crippen LogP contribution in [0.25, 0.3) is 16.9 Å². The first-order valence-electron chi connectivity index (χ1n) is 7.48. The molecule has 1 aliphatic carbocycles. The van der Waals surface area contributed by atoms with Crippen molar-refractivity contribution >= 4 is 17.2 Å². The summed E-state index contributed by atoms with van der Waals surface area (Å²) in [6, 6.07) is 7.54. The Bertz CT molecular complexity index is 887. The quantitative estimate of drug-likeness (QED) is 0.680. The summed E-state index contributed by atoms with van der Waals surface area (Å²) in [7, 11) is 3.24. The number of methoxy groups -OCH3 is 2. The number of rotatable bonds is 4. The van der Waals surface area contributed by atoms with Gasteiger partial charge >= 0.3 is 0 Å². The molecular weight excluding hydrogens is 314 g/mol. The van der Waals surface area contributed by atoms with Crippen LogP contribution in [0.4, 0.5) is 0 Å². The number of ether oxygens (including phenoxy) is 2. The van der Waals surface area contributed by atoms with Gasteiger partial charge in [0.1, 0.15) is 5.15 Å². The Labute approximate surface area is 138 Å². The van der Waals surface area contributed by atoms with Crippen molar-refractivity contribution in [3.05, 3.63) is 41.2 Å². The molecule has 1 aromatic carbocycles. The Balaban J connectivity index is 1.86. The van der Waals surface area contributed by atoms with Crippen LogP contribution in [0.1, 0.15) is 24.3 Å². The van der Waals surface area contributed by atoms with Gasteiger partial charge in [0, 0.05) is 17.2 Å². The van der Waals surface area contributed by atoms with E-state index in [1.807, 2.05) is 30.5 Å². The Morgan fingerprint density at radius 2 is 1.91 bits per heavy atom. The lowest BCUT2D eigenvalue weighted by molar-refractivity contribution is 0.355. The molecule has 2 aromatic heterocycles. The van der Waals surface area contributed by atoms with Crippen molar-refractivity contribution in [3.8, 4) is 22.8 Å². The van der Waals surface area contributed by atoms with E-state index in [2.05, 4.69) is 5.10 Å². The van der Waals surface area contributed by atoms with Gasteiger partial charge in [0.05, 0.1) is 26.1 Å². The monoisotopic (exact) mass is 329 g/mol. The molecule has 0 radical (unpaired) electrons. The van der Waals surface area contributed by atoms with Crippen LogP contribution in [-0.4, -0.2) is 28.8 Å². The van der Waals surface area contributed by atoms with E-state index in [4.69, 9.17) is 26.1 Å². The van der Waals surface area contributed by atoms with Crippen LogP contribution in [0.3, 0.4) is 0 Å². The zero-order valence-electron chi connectivity index (χ0n) is 12.9. The first kappa shape index (κ1) is 14.3. The van der Waals surface area contributed by atoms with Gasteiger partial charge in [0.2, 0.25) is 0 Å². The Morgan fingerprint density at radius 3 is 2.61 bits per heavy atom. The summed E-state index contributed by atoms with van der Waals surface area (Å²) in [5.74, 6) is 1.92. The molecule has 0 aliphatic heterocycles. The fourth-order valence-electron chi connectivity index (χ4n) is 2.77. The van der Waals surface area contributed by atoms with Crippen LogP contribution in [0.5, 0.6) is 11.5 Å². The van der Waals surface area contributed by atoms with Gasteiger partial charge in [0.25, 0.3) is 0 Å². The molecule has 0 amide bonds. The number of nitrogens with zero attached hydrogens (tertiary/aromatic N) is 3. The largest absolute Gasteiger partial charge is 0.493 e. The molecule has 0 N–H and O–H groups in total. The van der Waals surface area contributed by atoms with Gasteiger partial charge in [-0.25, -0.2) is 9.50 Å². The van der Waals surface area contributed by atoms with Crippen molar-refractivity contribution in [3.63, 3.8) is 0 Å². The molecule has 1 aliphatic rings. The minimum absolute atomic E-state index is 0.548. The maximum atomic E-state index is 6.39. The van der Waals surface area contributed by atoms with E-state index in [0.29, 0.717) is 22.6 Å². The first-order valence-corrected chi connectivity index (χ1v) is 7.85. The maximum Gasteiger partial charge on any atom is 0.161 e. The summed E-state index contributed by atoms with van der Waals surface area (Å²) in [4.78, 5) is 4.78. The van der Waals surface area contributed by atoms with E-state index in [9.17, 15) is 0 Å². The minimum atomic E-state index is 0.548. The maximum absolute atomic E-state index is 6.39. The fraction of sp³-hybridized carbons (Fsp3) is 0.294. The minimum Gasteiger partial charge on any atom is -0.493 e. The summed E-state index contributed by atoms with van der Waals surface area (Å²) in [5, 5.41) is 4.90. The van der Waals surface area contributed by atoms with E-state index in [1.165, 1.54) is 18.4 Å². The molecule has 0 unspecified atom stereocenters. The highest BCUT2D eigenvalue weighted by Crippen LogP contribution is 2.42. The normalized spacial score (nSPS) is 14.2. The number of aromatic nitrogens is 3. The van der Waals surface area contributed by atoms with E-state index >= 15 is 0 Å². The average Bonchev–Trinajstić information content (AvgIpc) is 3.33. The highest BCUT2D eigenvalue weighted by Gasteiger charge is 2.28. The fourth-order valence-corrected chi connectivity index (χ4v) is 3.00. The van der Waals surface area contributed by atoms with Gasteiger partial charge in [-0.15, -0.1) is 0 Å². The van der Waals surface area contributed by atoms with Gasteiger partial charge < -0.3 is 9.47 Å². The van der Waals surface area contributed by atoms with Gasteiger partial charge in [0.15, 0.2) is 17.1 Å². The topological polar surface area (TPSA) is 48.7 Å². The summed E-state index contributed by atoms with van der Waals surface area (Å²) in [5.41, 5.74) is 3.74. The first-order chi connectivity index (χ1) is 11.2. The van der Waals surface area contributed by atoms with Crippen molar-refractivity contribution in [1.29, 1.82) is 0 Å². The molecule has 0 bridgehead atoms. The van der Waals surface area contributed by atoms with Crippen LogP contribution in [0.15, 0.2) is 30.5 Å². The van der Waals surface area contributed by atoms with Crippen LogP contribution in [0.2, 0.25) is 5.15 Å². The molecule has 5 nitrogen and oxygen atoms in total. The molecule has 0 saturated heterocycles. The van der Waals surface area contributed by atoms with Crippen molar-refractivity contribution in [1.82, 2.24) is 14.6 Å². The second-order valence-electron chi connectivity index (χ2n) is 5.64. The summed E-state index contributed by atoms with van der Waals surface area (Å²) in [6.45, 7) is 0. The molecule has 118 valence electrons. The van der Waals surface area contributed by atoms with E-state index in [-0.39, 0.29) is 0 Å². The van der Waals surface area contributed by atoms with Crippen LogP contribution in [0, 0.1) is 0 Å². The molecule has 1 fully saturated rings. The number of hydrogen-bond donors (Lipinski definition) is 0. The van der Waals surface area contributed by atoms with Crippen molar-refractivity contribution in [2.24, 2.45) is 0 Å². The third-order valence-corrected chi connectivity index (χ3v) is 4.42. The Hall–Kier alpha value is -2.27. The Morgan fingerprint density at radius 1 is 1.13 bits per heavy atom. The lowest BCUT2D eigenvalue weighted by atomic mass is 10.1. The zero-order valence-corrected chi connectivity index (χ0v) is 13.7. The summed E-state index contributed by atoms with van der Waals surface area (Å²) < 4.78 is 12.3. The number of benzene rings is 1. The molecule has 23 heavy (non-hydrogen) atoms. The van der Waals surface area contributed by atoms with Crippen molar-refractivity contribution in [2.75, 3.05) is 14.2 Å². The molecular formula is C17H16ClN3O2. The molecule has 2 heterocycles.